The second-order valence-corrected chi connectivity index (χ2v) is 7.11. The molecular formula is C19H19N5. The lowest BCUT2D eigenvalue weighted by Gasteiger charge is -2.21. The maximum Gasteiger partial charge on any atom is 0.116 e. The van der Waals surface area contributed by atoms with Crippen LogP contribution in [0.25, 0.3) is 17.0 Å². The molecule has 2 aromatic heterocycles. The minimum atomic E-state index is 0.197. The van der Waals surface area contributed by atoms with Crippen LogP contribution >= 0.6 is 0 Å². The van der Waals surface area contributed by atoms with E-state index in [1.807, 2.05) is 0 Å². The average molecular weight is 317 g/mol. The Labute approximate surface area is 141 Å². The van der Waals surface area contributed by atoms with Crippen molar-refractivity contribution >= 4 is 5.57 Å². The molecular weight excluding hydrogens is 298 g/mol. The standard InChI is InChI=1S/C19H19N5/c20-8-7-16(12-3-1-2-4-12)24-10-14-9-13-5-6-15-17(13)19(18(14)23-24)22-11-21-15/h5,10-12,16H,1-4,6-7,9H2. The van der Waals surface area contributed by atoms with E-state index < -0.39 is 0 Å². The van der Waals surface area contributed by atoms with E-state index in [4.69, 9.17) is 5.10 Å². The van der Waals surface area contributed by atoms with Gasteiger partial charge in [0.05, 0.1) is 24.2 Å². The van der Waals surface area contributed by atoms with E-state index in [1.165, 1.54) is 42.4 Å². The summed E-state index contributed by atoms with van der Waals surface area (Å²) < 4.78 is 2.07. The molecule has 1 unspecified atom stereocenters. The van der Waals surface area contributed by atoms with Crippen LogP contribution in [0.5, 0.6) is 0 Å². The number of aromatic nitrogens is 4. The second kappa shape index (κ2) is 5.27. The molecule has 0 aromatic carbocycles. The molecule has 0 saturated heterocycles. The van der Waals surface area contributed by atoms with Gasteiger partial charge in [-0.2, -0.15) is 10.4 Å². The maximum absolute atomic E-state index is 9.29. The number of nitriles is 1. The fourth-order valence-corrected chi connectivity index (χ4v) is 4.62. The molecule has 5 heteroatoms. The van der Waals surface area contributed by atoms with Gasteiger partial charge in [0.1, 0.15) is 17.7 Å². The van der Waals surface area contributed by atoms with Crippen molar-refractivity contribution in [2.75, 3.05) is 0 Å². The summed E-state index contributed by atoms with van der Waals surface area (Å²) >= 11 is 0. The zero-order valence-corrected chi connectivity index (χ0v) is 13.6. The topological polar surface area (TPSA) is 67.4 Å². The summed E-state index contributed by atoms with van der Waals surface area (Å²) in [5.74, 6) is 0.578. The Kier molecular flexibility index (Phi) is 3.05. The summed E-state index contributed by atoms with van der Waals surface area (Å²) in [4.78, 5) is 8.95. The zero-order valence-electron chi connectivity index (χ0n) is 13.6. The Balaban J connectivity index is 1.60. The lowest BCUT2D eigenvalue weighted by Crippen LogP contribution is -2.17. The lowest BCUT2D eigenvalue weighted by molar-refractivity contribution is 0.315. The van der Waals surface area contributed by atoms with E-state index >= 15 is 0 Å². The van der Waals surface area contributed by atoms with Crippen LogP contribution in [0.1, 0.15) is 55.0 Å². The molecule has 0 amide bonds. The SMILES string of the molecule is N#CCC(C1CCCC1)n1cc2c(n1)-c1ncnc3c1C(=CC3)C2. The predicted molar refractivity (Wildman–Crippen MR) is 89.9 cm³/mol. The highest BCUT2D eigenvalue weighted by Crippen LogP contribution is 2.43. The largest absolute Gasteiger partial charge is 0.267 e. The molecule has 3 aliphatic rings. The normalized spacial score (nSPS) is 19.5. The van der Waals surface area contributed by atoms with Crippen LogP contribution in [0.4, 0.5) is 0 Å². The van der Waals surface area contributed by atoms with Crippen LogP contribution in [0.2, 0.25) is 0 Å². The predicted octanol–water partition coefficient (Wildman–Crippen LogP) is 3.48. The number of hydrogen-bond acceptors (Lipinski definition) is 4. The van der Waals surface area contributed by atoms with Gasteiger partial charge in [0, 0.05) is 30.2 Å². The van der Waals surface area contributed by atoms with Gasteiger partial charge in [-0.15, -0.1) is 0 Å². The first-order valence-electron chi connectivity index (χ1n) is 8.84. The van der Waals surface area contributed by atoms with Crippen LogP contribution in [-0.2, 0) is 12.8 Å². The second-order valence-electron chi connectivity index (χ2n) is 7.11. The van der Waals surface area contributed by atoms with Crippen molar-refractivity contribution in [1.82, 2.24) is 19.7 Å². The molecule has 0 aliphatic heterocycles. The molecule has 120 valence electrons. The van der Waals surface area contributed by atoms with Gasteiger partial charge in [-0.3, -0.25) is 4.68 Å². The zero-order chi connectivity index (χ0) is 16.1. The van der Waals surface area contributed by atoms with Crippen LogP contribution in [0, 0.1) is 17.2 Å². The van der Waals surface area contributed by atoms with Gasteiger partial charge >= 0.3 is 0 Å². The van der Waals surface area contributed by atoms with Crippen LogP contribution < -0.4 is 0 Å². The van der Waals surface area contributed by atoms with Crippen LogP contribution in [0.15, 0.2) is 18.6 Å². The van der Waals surface area contributed by atoms with Crippen molar-refractivity contribution in [1.29, 1.82) is 5.26 Å². The lowest BCUT2D eigenvalue weighted by atomic mass is 9.91. The maximum atomic E-state index is 9.29. The van der Waals surface area contributed by atoms with Crippen LogP contribution in [0.3, 0.4) is 0 Å². The van der Waals surface area contributed by atoms with Gasteiger partial charge < -0.3 is 0 Å². The van der Waals surface area contributed by atoms with Crippen molar-refractivity contribution in [2.24, 2.45) is 5.92 Å². The fraction of sp³-hybridized carbons (Fsp3) is 0.474. The van der Waals surface area contributed by atoms with E-state index in [-0.39, 0.29) is 6.04 Å². The molecule has 0 bridgehead atoms. The molecule has 5 rings (SSSR count). The van der Waals surface area contributed by atoms with Gasteiger partial charge in [0.25, 0.3) is 0 Å². The summed E-state index contributed by atoms with van der Waals surface area (Å²) in [6, 6.07) is 2.57. The molecule has 0 radical (unpaired) electrons. The first kappa shape index (κ1) is 13.9. The average Bonchev–Trinajstić information content (AvgIpc) is 3.33. The third-order valence-corrected chi connectivity index (χ3v) is 5.79. The minimum Gasteiger partial charge on any atom is -0.267 e. The molecule has 24 heavy (non-hydrogen) atoms. The van der Waals surface area contributed by atoms with E-state index in [2.05, 4.69) is 33.0 Å². The minimum absolute atomic E-state index is 0.197. The molecule has 0 spiro atoms. The van der Waals surface area contributed by atoms with Gasteiger partial charge in [-0.25, -0.2) is 9.97 Å². The molecule has 1 atom stereocenters. The summed E-state index contributed by atoms with van der Waals surface area (Å²) in [6.45, 7) is 0. The van der Waals surface area contributed by atoms with Crippen LogP contribution in [-0.4, -0.2) is 19.7 Å². The van der Waals surface area contributed by atoms with E-state index in [0.717, 1.165) is 29.9 Å². The van der Waals surface area contributed by atoms with Gasteiger partial charge in [-0.1, -0.05) is 18.9 Å². The Bertz CT molecular complexity index is 880. The number of fused-ring (bicyclic) bond motifs is 2. The third kappa shape index (κ3) is 1.96. The highest BCUT2D eigenvalue weighted by Gasteiger charge is 2.32. The molecule has 2 heterocycles. The third-order valence-electron chi connectivity index (χ3n) is 5.79. The number of rotatable bonds is 3. The fourth-order valence-electron chi connectivity index (χ4n) is 4.62. The number of hydrogen-bond donors (Lipinski definition) is 0. The van der Waals surface area contributed by atoms with Crippen molar-refractivity contribution in [3.63, 3.8) is 0 Å². The smallest absolute Gasteiger partial charge is 0.116 e. The van der Waals surface area contributed by atoms with E-state index in [9.17, 15) is 5.26 Å². The van der Waals surface area contributed by atoms with Gasteiger partial charge in [-0.05, 0) is 24.3 Å². The Hall–Kier alpha value is -2.48. The summed E-state index contributed by atoms with van der Waals surface area (Å²) in [5.41, 5.74) is 6.87. The van der Waals surface area contributed by atoms with Gasteiger partial charge in [0.2, 0.25) is 0 Å². The quantitative estimate of drug-likeness (QED) is 0.869. The molecule has 1 fully saturated rings. The summed E-state index contributed by atoms with van der Waals surface area (Å²) in [5, 5.41) is 14.2. The summed E-state index contributed by atoms with van der Waals surface area (Å²) in [7, 11) is 0. The molecule has 5 nitrogen and oxygen atoms in total. The first-order valence-corrected chi connectivity index (χ1v) is 8.84. The van der Waals surface area contributed by atoms with E-state index in [0.29, 0.717) is 12.3 Å². The molecule has 0 N–H and O–H groups in total. The monoisotopic (exact) mass is 317 g/mol. The Morgan fingerprint density at radius 2 is 2.12 bits per heavy atom. The van der Waals surface area contributed by atoms with Gasteiger partial charge in [0.15, 0.2) is 0 Å². The van der Waals surface area contributed by atoms with Crippen molar-refractivity contribution in [3.05, 3.63) is 35.4 Å². The van der Waals surface area contributed by atoms with E-state index in [1.54, 1.807) is 6.33 Å². The highest BCUT2D eigenvalue weighted by molar-refractivity contribution is 5.87. The Morgan fingerprint density at radius 1 is 1.25 bits per heavy atom. The highest BCUT2D eigenvalue weighted by atomic mass is 15.3. The molecule has 3 aliphatic carbocycles. The molecule has 1 saturated carbocycles. The van der Waals surface area contributed by atoms with Crippen molar-refractivity contribution in [3.8, 4) is 17.5 Å². The number of allylic oxidation sites excluding steroid dienone is 2. The summed E-state index contributed by atoms with van der Waals surface area (Å²) in [6.07, 6.45) is 13.4. The van der Waals surface area contributed by atoms with Crippen molar-refractivity contribution in [2.45, 2.75) is 51.0 Å². The Morgan fingerprint density at radius 3 is 2.96 bits per heavy atom. The number of nitrogens with zero attached hydrogens (tertiary/aromatic N) is 5. The molecule has 2 aromatic rings. The van der Waals surface area contributed by atoms with Crippen molar-refractivity contribution < 1.29 is 0 Å². The first-order chi connectivity index (χ1) is 11.8.